The van der Waals surface area contributed by atoms with Crippen molar-refractivity contribution in [3.63, 3.8) is 0 Å². The Labute approximate surface area is 131 Å². The largest absolute Gasteiger partial charge is 0.463 e. The number of carbonyl (C=O) groups excluding carboxylic acids is 3. The minimum atomic E-state index is -0.368. The van der Waals surface area contributed by atoms with E-state index in [1.165, 1.54) is 20.8 Å². The normalized spacial score (nSPS) is 9.27. The minimum absolute atomic E-state index is 0.134. The lowest BCUT2D eigenvalue weighted by Crippen LogP contribution is -2.10. The van der Waals surface area contributed by atoms with Gasteiger partial charge < -0.3 is 23.7 Å². The van der Waals surface area contributed by atoms with Gasteiger partial charge in [0.25, 0.3) is 0 Å². The number of hydrogen-bond acceptors (Lipinski definition) is 8. The number of carbonyl (C=O) groups is 3. The topological polar surface area (TPSA) is 97.4 Å². The third kappa shape index (κ3) is 26.8. The van der Waals surface area contributed by atoms with Crippen LogP contribution in [0.5, 0.6) is 0 Å². The van der Waals surface area contributed by atoms with E-state index in [1.54, 1.807) is 0 Å². The zero-order valence-electron chi connectivity index (χ0n) is 13.7. The molecule has 0 aromatic rings. The first-order valence-corrected chi connectivity index (χ1v) is 6.95. The first kappa shape index (κ1) is 22.6. The summed E-state index contributed by atoms with van der Waals surface area (Å²) in [6.07, 6.45) is 0. The predicted molar refractivity (Wildman–Crippen MR) is 77.2 cm³/mol. The Hall–Kier alpha value is -1.67. The molecule has 0 aliphatic rings. The molecule has 0 N–H and O–H groups in total. The van der Waals surface area contributed by atoms with E-state index in [0.29, 0.717) is 33.0 Å². The maximum absolute atomic E-state index is 10.3. The Balaban J connectivity index is 0. The van der Waals surface area contributed by atoms with Crippen molar-refractivity contribution in [2.24, 2.45) is 0 Å². The Morgan fingerprint density at radius 2 is 0.909 bits per heavy atom. The van der Waals surface area contributed by atoms with Crippen LogP contribution in [0.3, 0.4) is 0 Å². The van der Waals surface area contributed by atoms with Gasteiger partial charge in [-0.3, -0.25) is 14.4 Å². The van der Waals surface area contributed by atoms with Gasteiger partial charge in [-0.1, -0.05) is 0 Å². The third-order valence-corrected chi connectivity index (χ3v) is 1.80. The predicted octanol–water partition coefficient (Wildman–Crippen LogP) is 0.715. The number of ether oxygens (including phenoxy) is 5. The second-order valence-electron chi connectivity index (χ2n) is 3.83. The molecule has 0 heterocycles. The van der Waals surface area contributed by atoms with Gasteiger partial charge in [0.1, 0.15) is 19.8 Å². The molecular formula is C14H26O8. The molecule has 130 valence electrons. The summed E-state index contributed by atoms with van der Waals surface area (Å²) in [5, 5.41) is 0. The summed E-state index contributed by atoms with van der Waals surface area (Å²) in [5.74, 6) is -1.01. The van der Waals surface area contributed by atoms with Crippen molar-refractivity contribution in [2.45, 2.75) is 27.7 Å². The Kier molecular flexibility index (Phi) is 17.9. The molecule has 0 spiro atoms. The van der Waals surface area contributed by atoms with Crippen molar-refractivity contribution < 1.29 is 38.1 Å². The molecule has 0 aliphatic heterocycles. The van der Waals surface area contributed by atoms with Crippen LogP contribution in [0, 0.1) is 0 Å². The summed E-state index contributed by atoms with van der Waals surface area (Å²) < 4.78 is 23.7. The van der Waals surface area contributed by atoms with Crippen LogP contribution >= 0.6 is 0 Å². The molecule has 0 rings (SSSR count). The summed E-state index contributed by atoms with van der Waals surface area (Å²) >= 11 is 0. The Morgan fingerprint density at radius 1 is 0.591 bits per heavy atom. The third-order valence-electron chi connectivity index (χ3n) is 1.80. The van der Waals surface area contributed by atoms with Crippen molar-refractivity contribution in [3.8, 4) is 0 Å². The molecule has 0 atom stereocenters. The molecule has 0 radical (unpaired) electrons. The Morgan fingerprint density at radius 3 is 1.27 bits per heavy atom. The van der Waals surface area contributed by atoms with Gasteiger partial charge in [0.15, 0.2) is 0 Å². The van der Waals surface area contributed by atoms with Gasteiger partial charge in [0.2, 0.25) is 0 Å². The highest BCUT2D eigenvalue weighted by Gasteiger charge is 1.94. The van der Waals surface area contributed by atoms with E-state index >= 15 is 0 Å². The van der Waals surface area contributed by atoms with Crippen LogP contribution < -0.4 is 0 Å². The summed E-state index contributed by atoms with van der Waals surface area (Å²) in [6, 6.07) is 0. The van der Waals surface area contributed by atoms with Gasteiger partial charge in [-0.2, -0.15) is 0 Å². The SMILES string of the molecule is CC(=O)OCCOC(C)=O.CCOCCOCCOC(C)=O. The summed E-state index contributed by atoms with van der Waals surface area (Å²) in [5.41, 5.74) is 0. The van der Waals surface area contributed by atoms with E-state index in [-0.39, 0.29) is 31.1 Å². The van der Waals surface area contributed by atoms with Crippen LogP contribution in [0.25, 0.3) is 0 Å². The summed E-state index contributed by atoms with van der Waals surface area (Å²) in [6.45, 7) is 8.78. The molecule has 0 saturated carbocycles. The van der Waals surface area contributed by atoms with Gasteiger partial charge in [0, 0.05) is 27.4 Å². The van der Waals surface area contributed by atoms with Crippen molar-refractivity contribution in [1.29, 1.82) is 0 Å². The van der Waals surface area contributed by atoms with E-state index in [4.69, 9.17) is 9.47 Å². The van der Waals surface area contributed by atoms with Crippen LogP contribution in [-0.2, 0) is 38.1 Å². The zero-order chi connectivity index (χ0) is 17.2. The lowest BCUT2D eigenvalue weighted by atomic mass is 10.7. The average molecular weight is 322 g/mol. The molecule has 0 fully saturated rings. The molecule has 0 aromatic carbocycles. The van der Waals surface area contributed by atoms with Crippen LogP contribution in [-0.4, -0.2) is 64.2 Å². The smallest absolute Gasteiger partial charge is 0.302 e. The fraction of sp³-hybridized carbons (Fsp3) is 0.786. The second kappa shape index (κ2) is 17.4. The number of hydrogen-bond donors (Lipinski definition) is 0. The molecule has 22 heavy (non-hydrogen) atoms. The highest BCUT2D eigenvalue weighted by molar-refractivity contribution is 5.66. The van der Waals surface area contributed by atoms with Crippen molar-refractivity contribution in [1.82, 2.24) is 0 Å². The monoisotopic (exact) mass is 322 g/mol. The first-order chi connectivity index (χ1) is 10.4. The maximum Gasteiger partial charge on any atom is 0.302 e. The zero-order valence-corrected chi connectivity index (χ0v) is 13.7. The first-order valence-electron chi connectivity index (χ1n) is 6.95. The maximum atomic E-state index is 10.3. The van der Waals surface area contributed by atoms with Crippen LogP contribution in [0.1, 0.15) is 27.7 Å². The van der Waals surface area contributed by atoms with E-state index in [2.05, 4.69) is 14.2 Å². The lowest BCUT2D eigenvalue weighted by Gasteiger charge is -2.03. The minimum Gasteiger partial charge on any atom is -0.463 e. The van der Waals surface area contributed by atoms with Crippen molar-refractivity contribution in [2.75, 3.05) is 46.2 Å². The summed E-state index contributed by atoms with van der Waals surface area (Å²) in [4.78, 5) is 30.5. The average Bonchev–Trinajstić information content (AvgIpc) is 2.43. The van der Waals surface area contributed by atoms with Crippen LogP contribution in [0.2, 0.25) is 0 Å². The molecule has 0 amide bonds. The Bertz CT molecular complexity index is 287. The molecule has 8 nitrogen and oxygen atoms in total. The lowest BCUT2D eigenvalue weighted by molar-refractivity contribution is -0.149. The van der Waals surface area contributed by atoms with Crippen LogP contribution in [0.4, 0.5) is 0 Å². The molecule has 0 saturated heterocycles. The van der Waals surface area contributed by atoms with Crippen molar-refractivity contribution >= 4 is 17.9 Å². The fourth-order valence-electron chi connectivity index (χ4n) is 0.979. The van der Waals surface area contributed by atoms with E-state index in [1.807, 2.05) is 6.92 Å². The molecule has 8 heteroatoms. The highest BCUT2D eigenvalue weighted by atomic mass is 16.6. The van der Waals surface area contributed by atoms with Gasteiger partial charge in [-0.15, -0.1) is 0 Å². The quantitative estimate of drug-likeness (QED) is 0.330. The number of esters is 3. The van der Waals surface area contributed by atoms with E-state index in [9.17, 15) is 14.4 Å². The second-order valence-corrected chi connectivity index (χ2v) is 3.83. The van der Waals surface area contributed by atoms with Gasteiger partial charge in [-0.25, -0.2) is 0 Å². The molecule has 0 aromatic heterocycles. The van der Waals surface area contributed by atoms with E-state index in [0.717, 1.165) is 0 Å². The molecule has 0 aliphatic carbocycles. The molecule has 0 unspecified atom stereocenters. The molecular weight excluding hydrogens is 296 g/mol. The number of rotatable bonds is 10. The van der Waals surface area contributed by atoms with Gasteiger partial charge >= 0.3 is 17.9 Å². The van der Waals surface area contributed by atoms with E-state index < -0.39 is 0 Å². The fourth-order valence-corrected chi connectivity index (χ4v) is 0.979. The highest BCUT2D eigenvalue weighted by Crippen LogP contribution is 1.81. The standard InChI is InChI=1S/C8H16O4.C6H10O4/c1-3-10-4-5-11-6-7-12-8(2)9;1-5(7)9-3-4-10-6(2)8/h3-7H2,1-2H3;3-4H2,1-2H3. The van der Waals surface area contributed by atoms with Gasteiger partial charge in [0.05, 0.1) is 19.8 Å². The van der Waals surface area contributed by atoms with Crippen LogP contribution in [0.15, 0.2) is 0 Å². The van der Waals surface area contributed by atoms with Gasteiger partial charge in [-0.05, 0) is 6.92 Å². The molecule has 0 bridgehead atoms. The summed E-state index contributed by atoms with van der Waals surface area (Å²) in [7, 11) is 0. The van der Waals surface area contributed by atoms with Crippen molar-refractivity contribution in [3.05, 3.63) is 0 Å².